The van der Waals surface area contributed by atoms with Crippen LogP contribution in [0, 0.1) is 0 Å². The van der Waals surface area contributed by atoms with Crippen LogP contribution in [0.3, 0.4) is 0 Å². The van der Waals surface area contributed by atoms with Crippen LogP contribution in [0.5, 0.6) is 11.5 Å². The van der Waals surface area contributed by atoms with E-state index in [2.05, 4.69) is 0 Å². The van der Waals surface area contributed by atoms with Crippen LogP contribution in [-0.2, 0) is 19.0 Å². The van der Waals surface area contributed by atoms with Gasteiger partial charge in [-0.3, -0.25) is 0 Å². The molecule has 1 heterocycles. The minimum absolute atomic E-state index is 0.0137. The lowest BCUT2D eigenvalue weighted by molar-refractivity contribution is -0.299. The zero-order valence-corrected chi connectivity index (χ0v) is 16.3. The van der Waals surface area contributed by atoms with Crippen molar-refractivity contribution in [2.24, 2.45) is 0 Å². The molecule has 30 heavy (non-hydrogen) atoms. The first-order chi connectivity index (χ1) is 14.2. The first kappa shape index (κ1) is 23.8. The van der Waals surface area contributed by atoms with Crippen LogP contribution in [0.2, 0.25) is 0 Å². The molecular formula is C20H26O10. The molecule has 0 amide bonds. The van der Waals surface area contributed by atoms with Crippen molar-refractivity contribution in [1.82, 2.24) is 0 Å². The molecule has 1 aromatic carbocycles. The summed E-state index contributed by atoms with van der Waals surface area (Å²) in [4.78, 5) is 11.9. The molecule has 0 bridgehead atoms. The van der Waals surface area contributed by atoms with E-state index in [9.17, 15) is 30.3 Å². The Balaban J connectivity index is 1.91. The van der Waals surface area contributed by atoms with Gasteiger partial charge >= 0.3 is 5.97 Å². The molecule has 6 N–H and O–H groups in total. The van der Waals surface area contributed by atoms with E-state index < -0.39 is 43.3 Å². The number of phenols is 2. The van der Waals surface area contributed by atoms with E-state index in [1.54, 1.807) is 6.92 Å². The fourth-order valence-corrected chi connectivity index (χ4v) is 2.64. The molecular weight excluding hydrogens is 400 g/mol. The molecule has 5 atom stereocenters. The van der Waals surface area contributed by atoms with Crippen LogP contribution in [0.1, 0.15) is 12.5 Å². The molecule has 1 fully saturated rings. The van der Waals surface area contributed by atoms with Crippen LogP contribution < -0.4 is 0 Å². The molecule has 0 spiro atoms. The van der Waals surface area contributed by atoms with Gasteiger partial charge in [-0.05, 0) is 36.3 Å². The SMILES string of the molecule is C/C(=C\CO)CO[C@@H]1O[C@H](COC(=O)/C=C/c2ccc(O)c(O)c2)[C@@H](O)[C@H](O)[C@H]1O. The second kappa shape index (κ2) is 11.1. The van der Waals surface area contributed by atoms with Crippen molar-refractivity contribution in [2.75, 3.05) is 19.8 Å². The number of carbonyl (C=O) groups excluding carboxylic acids is 1. The van der Waals surface area contributed by atoms with Gasteiger partial charge in [0.25, 0.3) is 0 Å². The van der Waals surface area contributed by atoms with E-state index >= 15 is 0 Å². The predicted octanol–water partition coefficient (Wildman–Crippen LogP) is -0.583. The molecule has 0 radical (unpaired) electrons. The number of aliphatic hydroxyl groups is 4. The lowest BCUT2D eigenvalue weighted by atomic mass is 9.99. The lowest BCUT2D eigenvalue weighted by Gasteiger charge is -2.39. The van der Waals surface area contributed by atoms with Crippen LogP contribution in [0.25, 0.3) is 6.08 Å². The summed E-state index contributed by atoms with van der Waals surface area (Å²) in [5, 5.41) is 57.6. The number of ether oxygens (including phenoxy) is 3. The molecule has 1 aromatic rings. The van der Waals surface area contributed by atoms with Gasteiger partial charge in [0.15, 0.2) is 17.8 Å². The largest absolute Gasteiger partial charge is 0.504 e. The molecule has 0 aromatic heterocycles. The summed E-state index contributed by atoms with van der Waals surface area (Å²) < 4.78 is 15.8. The average Bonchev–Trinajstić information content (AvgIpc) is 2.72. The molecule has 166 valence electrons. The van der Waals surface area contributed by atoms with Crippen molar-refractivity contribution >= 4 is 12.0 Å². The zero-order valence-electron chi connectivity index (χ0n) is 16.3. The number of hydrogen-bond donors (Lipinski definition) is 6. The van der Waals surface area contributed by atoms with Crippen molar-refractivity contribution in [3.63, 3.8) is 0 Å². The number of phenolic OH excluding ortho intramolecular Hbond substituents is 2. The second-order valence-corrected chi connectivity index (χ2v) is 6.77. The van der Waals surface area contributed by atoms with Crippen molar-refractivity contribution in [3.8, 4) is 11.5 Å². The Hall–Kier alpha value is -2.47. The van der Waals surface area contributed by atoms with E-state index in [1.165, 1.54) is 30.4 Å². The summed E-state index contributed by atoms with van der Waals surface area (Å²) in [6.07, 6.45) is -3.11. The molecule has 0 aliphatic carbocycles. The maximum atomic E-state index is 11.9. The van der Waals surface area contributed by atoms with E-state index in [1.807, 2.05) is 0 Å². The number of esters is 1. The number of aromatic hydroxyl groups is 2. The Kier molecular flexibility index (Phi) is 8.78. The molecule has 1 saturated heterocycles. The van der Waals surface area contributed by atoms with Gasteiger partial charge < -0.3 is 44.8 Å². The molecule has 0 unspecified atom stereocenters. The third kappa shape index (κ3) is 6.52. The number of hydrogen-bond acceptors (Lipinski definition) is 10. The van der Waals surface area contributed by atoms with Gasteiger partial charge in [-0.2, -0.15) is 0 Å². The minimum Gasteiger partial charge on any atom is -0.504 e. The van der Waals surface area contributed by atoms with Gasteiger partial charge in [0.2, 0.25) is 0 Å². The number of rotatable bonds is 8. The molecule has 1 aliphatic rings. The fourth-order valence-electron chi connectivity index (χ4n) is 2.64. The molecule has 10 heteroatoms. The first-order valence-corrected chi connectivity index (χ1v) is 9.17. The van der Waals surface area contributed by atoms with Gasteiger partial charge in [0.1, 0.15) is 31.0 Å². The van der Waals surface area contributed by atoms with Crippen LogP contribution in [-0.4, -0.2) is 87.1 Å². The molecule has 1 aliphatic heterocycles. The third-order valence-corrected chi connectivity index (χ3v) is 4.38. The number of benzene rings is 1. The summed E-state index contributed by atoms with van der Waals surface area (Å²) in [5.74, 6) is -1.41. The van der Waals surface area contributed by atoms with Gasteiger partial charge in [0, 0.05) is 6.08 Å². The van der Waals surface area contributed by atoms with Crippen molar-refractivity contribution in [2.45, 2.75) is 37.6 Å². The maximum Gasteiger partial charge on any atom is 0.330 e. The van der Waals surface area contributed by atoms with Crippen molar-refractivity contribution in [1.29, 1.82) is 0 Å². The quantitative estimate of drug-likeness (QED) is 0.137. The Morgan fingerprint density at radius 1 is 1.13 bits per heavy atom. The van der Waals surface area contributed by atoms with Gasteiger partial charge in [-0.25, -0.2) is 4.79 Å². The Morgan fingerprint density at radius 3 is 2.53 bits per heavy atom. The minimum atomic E-state index is -1.58. The van der Waals surface area contributed by atoms with E-state index in [0.29, 0.717) is 11.1 Å². The zero-order chi connectivity index (χ0) is 22.3. The first-order valence-electron chi connectivity index (χ1n) is 9.17. The summed E-state index contributed by atoms with van der Waals surface area (Å²) >= 11 is 0. The van der Waals surface area contributed by atoms with E-state index in [4.69, 9.17) is 19.3 Å². The average molecular weight is 426 g/mol. The smallest absolute Gasteiger partial charge is 0.330 e. The number of aliphatic hydroxyl groups excluding tert-OH is 4. The highest BCUT2D eigenvalue weighted by atomic mass is 16.7. The molecule has 10 nitrogen and oxygen atoms in total. The van der Waals surface area contributed by atoms with Crippen molar-refractivity contribution in [3.05, 3.63) is 41.5 Å². The van der Waals surface area contributed by atoms with Crippen LogP contribution in [0.15, 0.2) is 35.9 Å². The Labute approximate surface area is 172 Å². The summed E-state index contributed by atoms with van der Waals surface area (Å²) in [6.45, 7) is 1.11. The van der Waals surface area contributed by atoms with Crippen LogP contribution in [0.4, 0.5) is 0 Å². The molecule has 0 saturated carbocycles. The summed E-state index contributed by atoms with van der Waals surface area (Å²) in [6, 6.07) is 3.98. The fraction of sp³-hybridized carbons (Fsp3) is 0.450. The monoisotopic (exact) mass is 426 g/mol. The second-order valence-electron chi connectivity index (χ2n) is 6.77. The van der Waals surface area contributed by atoms with Gasteiger partial charge in [-0.15, -0.1) is 0 Å². The Bertz CT molecular complexity index is 775. The van der Waals surface area contributed by atoms with Gasteiger partial charge in [0.05, 0.1) is 13.2 Å². The van der Waals surface area contributed by atoms with E-state index in [-0.39, 0.29) is 24.7 Å². The number of carbonyl (C=O) groups is 1. The van der Waals surface area contributed by atoms with Crippen LogP contribution >= 0.6 is 0 Å². The van der Waals surface area contributed by atoms with Crippen molar-refractivity contribution < 1.29 is 49.6 Å². The maximum absolute atomic E-state index is 11.9. The highest BCUT2D eigenvalue weighted by Crippen LogP contribution is 2.25. The Morgan fingerprint density at radius 2 is 1.87 bits per heavy atom. The standard InChI is InChI=1S/C20H26O10/c1-11(6-7-21)9-29-20-19(27)18(26)17(25)15(30-20)10-28-16(24)5-3-12-2-4-13(22)14(23)8-12/h2-6,8,15,17-23,25-27H,7,9-10H2,1H3/b5-3+,11-6+/t15-,17-,18+,19-,20-/m1/s1. The predicted molar refractivity (Wildman–Crippen MR) is 103 cm³/mol. The van der Waals surface area contributed by atoms with Gasteiger partial charge in [-0.1, -0.05) is 12.1 Å². The summed E-state index contributed by atoms with van der Waals surface area (Å²) in [7, 11) is 0. The lowest BCUT2D eigenvalue weighted by Crippen LogP contribution is -2.59. The molecule has 2 rings (SSSR count). The highest BCUT2D eigenvalue weighted by molar-refractivity contribution is 5.87. The highest BCUT2D eigenvalue weighted by Gasteiger charge is 2.44. The summed E-state index contributed by atoms with van der Waals surface area (Å²) in [5.41, 5.74) is 1.11. The topological polar surface area (TPSA) is 166 Å². The normalized spacial score (nSPS) is 27.4. The van der Waals surface area contributed by atoms with E-state index in [0.717, 1.165) is 6.08 Å². The third-order valence-electron chi connectivity index (χ3n) is 4.38.